The Morgan fingerprint density at radius 3 is 1.27 bits per heavy atom. The molecule has 0 N–H and O–H groups in total. The molecule has 0 bridgehead atoms. The van der Waals surface area contributed by atoms with Gasteiger partial charge in [0.25, 0.3) is 0 Å². The molecule has 2 aromatic rings. The van der Waals surface area contributed by atoms with Crippen molar-refractivity contribution < 1.29 is 9.59 Å². The van der Waals surface area contributed by atoms with Gasteiger partial charge in [-0.3, -0.25) is 9.59 Å². The van der Waals surface area contributed by atoms with Crippen molar-refractivity contribution in [3.8, 4) is 0 Å². The second-order valence-electron chi connectivity index (χ2n) is 6.54. The van der Waals surface area contributed by atoms with E-state index in [9.17, 15) is 9.59 Å². The van der Waals surface area contributed by atoms with Crippen LogP contribution in [-0.4, -0.2) is 11.6 Å². The average Bonchev–Trinajstić information content (AvgIpc) is 2.69. The molecule has 2 heteroatoms. The number of unbranched alkanes of at least 4 members (excludes halogenated alkanes) is 2. The summed E-state index contributed by atoms with van der Waals surface area (Å²) in [4.78, 5) is 26.2. The van der Waals surface area contributed by atoms with Crippen LogP contribution in [0, 0.1) is 0 Å². The maximum atomic E-state index is 13.1. The van der Waals surface area contributed by atoms with Gasteiger partial charge in [0.2, 0.25) is 0 Å². The first-order chi connectivity index (χ1) is 12.7. The lowest BCUT2D eigenvalue weighted by Crippen LogP contribution is -2.11. The fourth-order valence-corrected chi connectivity index (χ4v) is 3.02. The van der Waals surface area contributed by atoms with E-state index in [1.165, 1.54) is 0 Å². The highest BCUT2D eigenvalue weighted by atomic mass is 16.1. The van der Waals surface area contributed by atoms with Gasteiger partial charge in [-0.05, 0) is 24.0 Å². The Hall–Kier alpha value is -2.48. The number of ketones is 2. The standard InChI is InChI=1S/C24H28O2/c1-3-5-17-21(25)23(19-13-9-7-10-14-19)24(22(26)18-6-4-2)20-15-11-8-12-16-20/h7-16H,3-6,17-18H2,1-2H3. The van der Waals surface area contributed by atoms with Gasteiger partial charge in [0.15, 0.2) is 11.6 Å². The summed E-state index contributed by atoms with van der Waals surface area (Å²) in [5.41, 5.74) is 2.81. The molecule has 0 heterocycles. The van der Waals surface area contributed by atoms with Gasteiger partial charge in [-0.15, -0.1) is 0 Å². The van der Waals surface area contributed by atoms with Crippen molar-refractivity contribution in [2.75, 3.05) is 0 Å². The van der Waals surface area contributed by atoms with Crippen LogP contribution in [0.15, 0.2) is 60.7 Å². The lowest BCUT2D eigenvalue weighted by atomic mass is 9.86. The number of benzene rings is 2. The molecule has 2 nitrogen and oxygen atoms in total. The van der Waals surface area contributed by atoms with Crippen LogP contribution in [0.3, 0.4) is 0 Å². The third-order valence-electron chi connectivity index (χ3n) is 4.45. The number of carbonyl (C=O) groups is 2. The van der Waals surface area contributed by atoms with E-state index in [4.69, 9.17) is 0 Å². The summed E-state index contributed by atoms with van der Waals surface area (Å²) in [6.45, 7) is 4.15. The lowest BCUT2D eigenvalue weighted by Gasteiger charge is -2.15. The van der Waals surface area contributed by atoms with E-state index < -0.39 is 0 Å². The number of rotatable bonds is 10. The molecule has 0 aliphatic rings. The lowest BCUT2D eigenvalue weighted by molar-refractivity contribution is -0.115. The molecular weight excluding hydrogens is 320 g/mol. The Labute approximate surface area is 157 Å². The molecule has 0 unspecified atom stereocenters. The third kappa shape index (κ3) is 5.26. The molecule has 26 heavy (non-hydrogen) atoms. The van der Waals surface area contributed by atoms with Crippen LogP contribution in [-0.2, 0) is 9.59 Å². The molecule has 136 valence electrons. The highest BCUT2D eigenvalue weighted by Gasteiger charge is 2.23. The van der Waals surface area contributed by atoms with Gasteiger partial charge in [-0.1, -0.05) is 87.4 Å². The first-order valence-electron chi connectivity index (χ1n) is 9.60. The molecule has 0 spiro atoms. The first-order valence-corrected chi connectivity index (χ1v) is 9.60. The predicted octanol–water partition coefficient (Wildman–Crippen LogP) is 6.12. The van der Waals surface area contributed by atoms with Crippen molar-refractivity contribution >= 4 is 22.7 Å². The minimum absolute atomic E-state index is 0.0572. The Morgan fingerprint density at radius 1 is 0.615 bits per heavy atom. The topological polar surface area (TPSA) is 34.1 Å². The van der Waals surface area contributed by atoms with E-state index in [-0.39, 0.29) is 11.6 Å². The van der Waals surface area contributed by atoms with Gasteiger partial charge in [0.05, 0.1) is 0 Å². The second kappa shape index (κ2) is 10.5. The van der Waals surface area contributed by atoms with Crippen molar-refractivity contribution in [1.29, 1.82) is 0 Å². The van der Waals surface area contributed by atoms with Gasteiger partial charge < -0.3 is 0 Å². The van der Waals surface area contributed by atoms with Gasteiger partial charge in [-0.25, -0.2) is 0 Å². The summed E-state index contributed by atoms with van der Waals surface area (Å²) < 4.78 is 0. The minimum Gasteiger partial charge on any atom is -0.294 e. The average molecular weight is 348 g/mol. The number of carbonyl (C=O) groups excluding carboxylic acids is 2. The summed E-state index contributed by atoms with van der Waals surface area (Å²) in [5, 5.41) is 0. The summed E-state index contributed by atoms with van der Waals surface area (Å²) in [6.07, 6.45) is 4.52. The van der Waals surface area contributed by atoms with E-state index in [2.05, 4.69) is 13.8 Å². The number of allylic oxidation sites excluding steroid dienone is 2. The second-order valence-corrected chi connectivity index (χ2v) is 6.54. The highest BCUT2D eigenvalue weighted by Crippen LogP contribution is 2.30. The van der Waals surface area contributed by atoms with E-state index in [0.29, 0.717) is 24.0 Å². The Bertz CT molecular complexity index is 677. The molecule has 0 saturated carbocycles. The Kier molecular flexibility index (Phi) is 8.01. The molecule has 0 aliphatic carbocycles. The van der Waals surface area contributed by atoms with Crippen molar-refractivity contribution in [3.05, 3.63) is 71.8 Å². The van der Waals surface area contributed by atoms with Crippen LogP contribution in [0.2, 0.25) is 0 Å². The highest BCUT2D eigenvalue weighted by molar-refractivity contribution is 6.40. The fourth-order valence-electron chi connectivity index (χ4n) is 3.02. The van der Waals surface area contributed by atoms with Crippen molar-refractivity contribution in [2.24, 2.45) is 0 Å². The maximum absolute atomic E-state index is 13.1. The predicted molar refractivity (Wildman–Crippen MR) is 109 cm³/mol. The molecule has 0 aromatic heterocycles. The zero-order chi connectivity index (χ0) is 18.8. The molecule has 0 fully saturated rings. The van der Waals surface area contributed by atoms with Crippen LogP contribution >= 0.6 is 0 Å². The minimum atomic E-state index is 0.0572. The summed E-state index contributed by atoms with van der Waals surface area (Å²) in [7, 11) is 0. The zero-order valence-corrected chi connectivity index (χ0v) is 15.8. The van der Waals surface area contributed by atoms with Gasteiger partial charge >= 0.3 is 0 Å². The fraction of sp³-hybridized carbons (Fsp3) is 0.333. The van der Waals surface area contributed by atoms with Crippen LogP contribution in [0.4, 0.5) is 0 Å². The van der Waals surface area contributed by atoms with Crippen LogP contribution in [0.5, 0.6) is 0 Å². The molecule has 2 aromatic carbocycles. The Morgan fingerprint density at radius 2 is 0.962 bits per heavy atom. The molecule has 0 amide bonds. The number of hydrogen-bond acceptors (Lipinski definition) is 2. The monoisotopic (exact) mass is 348 g/mol. The normalized spacial score (nSPS) is 11.8. The van der Waals surface area contributed by atoms with Gasteiger partial charge in [0, 0.05) is 24.0 Å². The SMILES string of the molecule is CCCCC(=O)C(=C(C(=O)CCCC)c1ccccc1)c1ccccc1. The van der Waals surface area contributed by atoms with Crippen molar-refractivity contribution in [2.45, 2.75) is 52.4 Å². The van der Waals surface area contributed by atoms with Crippen molar-refractivity contribution in [1.82, 2.24) is 0 Å². The molecule has 2 rings (SSSR count). The molecular formula is C24H28O2. The smallest absolute Gasteiger partial charge is 0.164 e. The van der Waals surface area contributed by atoms with Crippen LogP contribution in [0.25, 0.3) is 11.1 Å². The van der Waals surface area contributed by atoms with E-state index in [0.717, 1.165) is 36.8 Å². The van der Waals surface area contributed by atoms with Gasteiger partial charge in [0.1, 0.15) is 0 Å². The van der Waals surface area contributed by atoms with Crippen molar-refractivity contribution in [3.63, 3.8) is 0 Å². The number of Topliss-reactive ketones (excluding diaryl/α,β-unsaturated/α-hetero) is 2. The quantitative estimate of drug-likeness (QED) is 0.383. The van der Waals surface area contributed by atoms with Gasteiger partial charge in [-0.2, -0.15) is 0 Å². The maximum Gasteiger partial charge on any atom is 0.164 e. The molecule has 0 radical (unpaired) electrons. The third-order valence-corrected chi connectivity index (χ3v) is 4.45. The molecule has 0 atom stereocenters. The first kappa shape index (κ1) is 19.8. The molecule has 0 saturated heterocycles. The largest absolute Gasteiger partial charge is 0.294 e. The van der Waals surface area contributed by atoms with E-state index in [1.54, 1.807) is 0 Å². The van der Waals surface area contributed by atoms with E-state index in [1.807, 2.05) is 60.7 Å². The molecule has 0 aliphatic heterocycles. The zero-order valence-electron chi connectivity index (χ0n) is 15.8. The number of hydrogen-bond donors (Lipinski definition) is 0. The summed E-state index contributed by atoms with van der Waals surface area (Å²) in [5.74, 6) is 0.114. The van der Waals surface area contributed by atoms with E-state index >= 15 is 0 Å². The van der Waals surface area contributed by atoms with Crippen LogP contribution < -0.4 is 0 Å². The Balaban J connectivity index is 2.64. The van der Waals surface area contributed by atoms with Crippen LogP contribution in [0.1, 0.15) is 63.5 Å². The summed E-state index contributed by atoms with van der Waals surface area (Å²) >= 11 is 0. The summed E-state index contributed by atoms with van der Waals surface area (Å²) in [6, 6.07) is 19.2.